The quantitative estimate of drug-likeness (QED) is 0.125. The first-order valence-electron chi connectivity index (χ1n) is 39.1. The molecule has 4 aromatic heterocycles. The van der Waals surface area contributed by atoms with Crippen molar-refractivity contribution < 1.29 is 61.3 Å². The van der Waals surface area contributed by atoms with E-state index in [1.807, 2.05) is 109 Å². The SMILES string of the molecule is CC1(C)CNC(=O)C1.CC1Cn2ncc(I)c2CN1C(=O)OC(C)(C)C.CC1Cn2ncc(N3CC(C)(C)CC3=O)c2CN1.CC1Cn2ncc(N3CC(C)(C)CC3=O)c2CN1C(=O)Cc1ccc(F)c(Cl)c1.CC1Cn2ncc(N3CC(C)(C)CC3=O)c2CN1C(=O)OC(C)(C)C.O=C(Nc1ccc(F)c(Cl)c1)Oc1ccccc1. The van der Waals surface area contributed by atoms with Crippen LogP contribution >= 0.6 is 45.8 Å². The Morgan fingerprint density at radius 1 is 0.543 bits per heavy atom. The smallest absolute Gasteiger partial charge is 0.417 e. The third-order valence-corrected chi connectivity index (χ3v) is 22.0. The number of carbonyl (C=O) groups is 8. The summed E-state index contributed by atoms with van der Waals surface area (Å²) < 4.78 is 51.1. The molecule has 3 N–H and O–H groups in total. The van der Waals surface area contributed by atoms with Gasteiger partial charge in [0, 0.05) is 76.2 Å². The molecule has 33 heteroatoms. The summed E-state index contributed by atoms with van der Waals surface area (Å²) in [6.07, 6.45) is 8.41. The molecule has 4 saturated heterocycles. The lowest BCUT2D eigenvalue weighted by Gasteiger charge is -2.36. The van der Waals surface area contributed by atoms with E-state index in [0.717, 1.165) is 76.1 Å². The van der Waals surface area contributed by atoms with Crippen LogP contribution in [-0.4, -0.2) is 163 Å². The lowest BCUT2D eigenvalue weighted by atomic mass is 9.93. The van der Waals surface area contributed by atoms with Crippen molar-refractivity contribution in [2.75, 3.05) is 46.2 Å². The van der Waals surface area contributed by atoms with Crippen molar-refractivity contribution in [2.45, 2.75) is 244 Å². The summed E-state index contributed by atoms with van der Waals surface area (Å²) in [7, 11) is 0. The molecule has 0 bridgehead atoms. The van der Waals surface area contributed by atoms with Gasteiger partial charge in [0.05, 0.1) is 143 Å². The maximum Gasteiger partial charge on any atom is 0.417 e. The molecular formula is C83H110Cl2F2IN17O11. The van der Waals surface area contributed by atoms with E-state index in [-0.39, 0.29) is 98.0 Å². The van der Waals surface area contributed by atoms with Gasteiger partial charge >= 0.3 is 18.3 Å². The van der Waals surface area contributed by atoms with E-state index < -0.39 is 28.9 Å². The van der Waals surface area contributed by atoms with Gasteiger partial charge in [0.1, 0.15) is 28.6 Å². The number of hydrogen-bond acceptors (Lipinski definition) is 16. The second kappa shape index (κ2) is 35.9. The van der Waals surface area contributed by atoms with Gasteiger partial charge in [0.25, 0.3) is 0 Å². The maximum absolute atomic E-state index is 13.4. The molecule has 7 aromatic rings. The minimum absolute atomic E-state index is 0.0116. The highest BCUT2D eigenvalue weighted by Crippen LogP contribution is 2.41. The Morgan fingerprint density at radius 3 is 1.39 bits per heavy atom. The van der Waals surface area contributed by atoms with Crippen molar-refractivity contribution in [3.05, 3.63) is 145 Å². The molecule has 3 aromatic carbocycles. The fourth-order valence-corrected chi connectivity index (χ4v) is 15.6. The number of para-hydroxylation sites is 1. The molecule has 8 aliphatic rings. The summed E-state index contributed by atoms with van der Waals surface area (Å²) in [6, 6.07) is 17.3. The van der Waals surface area contributed by atoms with Crippen LogP contribution in [0.4, 0.5) is 45.9 Å². The Bertz CT molecular complexity index is 4780. The normalized spacial score (nSPS) is 20.6. The summed E-state index contributed by atoms with van der Waals surface area (Å²) in [5.41, 5.74) is 6.78. The van der Waals surface area contributed by atoms with Crippen molar-refractivity contribution >= 4 is 116 Å². The van der Waals surface area contributed by atoms with Gasteiger partial charge in [-0.3, -0.25) is 57.8 Å². The lowest BCUT2D eigenvalue weighted by molar-refractivity contribution is -0.134. The van der Waals surface area contributed by atoms with E-state index in [1.165, 1.54) is 30.3 Å². The number of aromatic nitrogens is 8. The van der Waals surface area contributed by atoms with E-state index >= 15 is 0 Å². The number of halogens is 5. The number of benzene rings is 3. The molecular weight excluding hydrogens is 1650 g/mol. The van der Waals surface area contributed by atoms with Crippen LogP contribution in [0, 0.1) is 36.9 Å². The highest BCUT2D eigenvalue weighted by atomic mass is 127. The molecule has 8 aliphatic heterocycles. The van der Waals surface area contributed by atoms with Crippen LogP contribution in [0.2, 0.25) is 10.0 Å². The standard InChI is InChI=1S/C21H24ClFN4O2.C18H28N4O3.C13H9ClFNO2.C13H20N4O.C12H18IN3O2.C6H11NO/c1-13-10-27-18(17(9-24-27)26-12-21(2,3)8-20(26)29)11-25(13)19(28)7-14-4-5-16(23)15(22)6-14;1-12-9-22-14(10-20(12)16(24)25-17(2,3)4)13(8-19-22)21-11-18(5,6)7-15(21)23;14-11-8-9(6-7-12(11)15)16-13(17)18-10-4-2-1-3-5-10;1-9-7-17-11(5-14-9)10(6-15-17)16-8-13(2,3)4-12(16)18;1-8-6-16-10(9(13)5-14-16)7-15(8)11(17)18-12(2,3)4;1-6(2)3-5(8)7-4-6/h4-6,9,13H,7-8,10-12H2,1-3H3;8,12H,7,9-11H2,1-6H3;1-8H,(H,16,17);6,9,14H,4-5,7-8H2,1-3H3;5,8H,6-7H2,1-4H3;3-4H2,1-2H3,(H,7,8). The third-order valence-electron chi connectivity index (χ3n) is 20.5. The molecule has 0 spiro atoms. The van der Waals surface area contributed by atoms with Gasteiger partial charge in [0.2, 0.25) is 29.5 Å². The number of hydrogen-bond donors (Lipinski definition) is 3. The van der Waals surface area contributed by atoms with E-state index in [4.69, 9.17) is 37.4 Å². The Hall–Kier alpha value is -9.21. The number of carbonyl (C=O) groups excluding carboxylic acids is 8. The number of nitrogens with zero attached hydrogens (tertiary/aromatic N) is 14. The first-order chi connectivity index (χ1) is 54.1. The Balaban J connectivity index is 0.000000151. The molecule has 116 heavy (non-hydrogen) atoms. The predicted molar refractivity (Wildman–Crippen MR) is 447 cm³/mol. The molecule has 8 amide bonds. The molecule has 12 heterocycles. The van der Waals surface area contributed by atoms with Crippen LogP contribution in [0.25, 0.3) is 0 Å². The molecule has 0 saturated carbocycles. The number of rotatable bonds is 7. The number of fused-ring (bicyclic) bond motifs is 4. The van der Waals surface area contributed by atoms with Crippen LogP contribution in [0.1, 0.15) is 179 Å². The van der Waals surface area contributed by atoms with Gasteiger partial charge in [0.15, 0.2) is 0 Å². The molecule has 4 unspecified atom stereocenters. The number of ether oxygens (including phenoxy) is 3. The average molecular weight is 1760 g/mol. The summed E-state index contributed by atoms with van der Waals surface area (Å²) in [5.74, 6) is -0.0784. The zero-order valence-electron chi connectivity index (χ0n) is 69.6. The monoisotopic (exact) mass is 1760 g/mol. The third kappa shape index (κ3) is 23.2. The average Bonchev–Trinajstić information content (AvgIpc) is 1.64. The maximum atomic E-state index is 13.4. The predicted octanol–water partition coefficient (Wildman–Crippen LogP) is 14.6. The molecule has 0 radical (unpaired) electrons. The Morgan fingerprint density at radius 2 is 0.966 bits per heavy atom. The van der Waals surface area contributed by atoms with Crippen LogP contribution in [0.5, 0.6) is 5.75 Å². The fourth-order valence-electron chi connectivity index (χ4n) is 14.6. The molecule has 4 atom stereocenters. The minimum Gasteiger partial charge on any atom is -0.444 e. The number of nitrogens with one attached hydrogen (secondary N) is 3. The second-order valence-electron chi connectivity index (χ2n) is 36.1. The van der Waals surface area contributed by atoms with Crippen molar-refractivity contribution in [1.82, 2.24) is 64.5 Å². The Labute approximate surface area is 701 Å². The van der Waals surface area contributed by atoms with Crippen molar-refractivity contribution in [3.8, 4) is 5.75 Å². The van der Waals surface area contributed by atoms with Crippen LogP contribution in [0.3, 0.4) is 0 Å². The zero-order valence-corrected chi connectivity index (χ0v) is 73.3. The minimum atomic E-state index is -0.663. The van der Waals surface area contributed by atoms with E-state index in [9.17, 15) is 47.1 Å². The van der Waals surface area contributed by atoms with Gasteiger partial charge in [-0.15, -0.1) is 0 Å². The largest absolute Gasteiger partial charge is 0.444 e. The van der Waals surface area contributed by atoms with Crippen molar-refractivity contribution in [3.63, 3.8) is 0 Å². The lowest BCUT2D eigenvalue weighted by Crippen LogP contribution is -2.47. The summed E-state index contributed by atoms with van der Waals surface area (Å²) in [4.78, 5) is 108. The van der Waals surface area contributed by atoms with Crippen molar-refractivity contribution in [2.24, 2.45) is 21.7 Å². The van der Waals surface area contributed by atoms with Gasteiger partial charge in [-0.05, 0) is 162 Å². The van der Waals surface area contributed by atoms with Crippen LogP contribution in [0.15, 0.2) is 91.5 Å². The highest BCUT2D eigenvalue weighted by Gasteiger charge is 2.44. The molecule has 28 nitrogen and oxygen atoms in total. The first-order valence-corrected chi connectivity index (χ1v) is 40.9. The number of anilines is 4. The van der Waals surface area contributed by atoms with Gasteiger partial charge in [-0.2, -0.15) is 20.4 Å². The van der Waals surface area contributed by atoms with E-state index in [0.29, 0.717) is 94.5 Å². The zero-order chi connectivity index (χ0) is 85.1. The molecule has 15 rings (SSSR count). The summed E-state index contributed by atoms with van der Waals surface area (Å²) in [5, 5.41) is 26.2. The molecule has 628 valence electrons. The van der Waals surface area contributed by atoms with Gasteiger partial charge in [-0.25, -0.2) is 23.2 Å². The van der Waals surface area contributed by atoms with E-state index in [1.54, 1.807) is 62.3 Å². The van der Waals surface area contributed by atoms with Gasteiger partial charge < -0.3 is 44.4 Å². The second-order valence-corrected chi connectivity index (χ2v) is 38.1. The Kier molecular flexibility index (Phi) is 27.6. The van der Waals surface area contributed by atoms with E-state index in [2.05, 4.69) is 121 Å². The molecule has 0 aliphatic carbocycles. The van der Waals surface area contributed by atoms with Gasteiger partial charge in [-0.1, -0.05) is 103 Å². The number of amides is 8. The summed E-state index contributed by atoms with van der Waals surface area (Å²) in [6.45, 7) is 44.0. The topological polar surface area (TPSA) is 291 Å². The summed E-state index contributed by atoms with van der Waals surface area (Å²) >= 11 is 13.7. The van der Waals surface area contributed by atoms with Crippen molar-refractivity contribution in [1.29, 1.82) is 0 Å². The van der Waals surface area contributed by atoms with Crippen LogP contribution in [-0.2, 0) is 92.2 Å². The fraction of sp³-hybridized carbons (Fsp3) is 0.542. The first kappa shape index (κ1) is 89.1. The molecule has 4 fully saturated rings. The van der Waals surface area contributed by atoms with Crippen LogP contribution < -0.4 is 35.4 Å². The highest BCUT2D eigenvalue weighted by molar-refractivity contribution is 14.1.